The van der Waals surface area contributed by atoms with Crippen LogP contribution in [0.1, 0.15) is 45.1 Å². The summed E-state index contributed by atoms with van der Waals surface area (Å²) in [5.74, 6) is 0.478. The summed E-state index contributed by atoms with van der Waals surface area (Å²) in [6, 6.07) is 25.0. The van der Waals surface area contributed by atoms with Crippen molar-refractivity contribution >= 4 is 34.9 Å². The number of aryl methyl sites for hydroxylation is 1. The molecule has 3 aromatic carbocycles. The number of amides is 2. The van der Waals surface area contributed by atoms with Crippen molar-refractivity contribution in [1.82, 2.24) is 10.2 Å². The third-order valence-corrected chi connectivity index (χ3v) is 7.26. The number of carbonyl (C=O) groups excluding carboxylic acids is 2. The Morgan fingerprint density at radius 3 is 2.69 bits per heavy atom. The Kier molecular flexibility index (Phi) is 5.00. The molecule has 0 bridgehead atoms. The lowest BCUT2D eigenvalue weighted by molar-refractivity contribution is -0.120. The first kappa shape index (κ1) is 21.6. The second-order valence-corrected chi connectivity index (χ2v) is 9.72. The number of aromatic amines is 1. The minimum absolute atomic E-state index is 0.112. The molecule has 6 rings (SSSR count). The minimum Gasteiger partial charge on any atom is -0.307 e. The fourth-order valence-corrected chi connectivity index (χ4v) is 5.39. The van der Waals surface area contributed by atoms with Crippen molar-refractivity contribution in [2.24, 2.45) is 0 Å². The Morgan fingerprint density at radius 1 is 1.11 bits per heavy atom. The van der Waals surface area contributed by atoms with E-state index in [-0.39, 0.29) is 17.7 Å². The number of carbonyl (C=O) groups is 2. The average Bonchev–Trinajstić information content (AvgIpc) is 3.43. The van der Waals surface area contributed by atoms with E-state index in [1.165, 1.54) is 0 Å². The van der Waals surface area contributed by atoms with Crippen molar-refractivity contribution in [1.29, 1.82) is 0 Å². The number of hydrogen-bond donors (Lipinski definition) is 2. The molecule has 1 aliphatic heterocycles. The van der Waals surface area contributed by atoms with Crippen molar-refractivity contribution in [3.8, 4) is 0 Å². The van der Waals surface area contributed by atoms with E-state index in [9.17, 15) is 9.59 Å². The Bertz CT molecular complexity index is 1460. The highest BCUT2D eigenvalue weighted by molar-refractivity contribution is 6.30. The number of H-pyrrole nitrogens is 1. The third-order valence-electron chi connectivity index (χ3n) is 7.01. The van der Waals surface area contributed by atoms with E-state index in [2.05, 4.69) is 21.6 Å². The largest absolute Gasteiger partial charge is 0.307 e. The van der Waals surface area contributed by atoms with Gasteiger partial charge in [-0.2, -0.15) is 5.10 Å². The van der Waals surface area contributed by atoms with Gasteiger partial charge in [-0.15, -0.1) is 0 Å². The number of aromatic nitrogens is 2. The lowest BCUT2D eigenvalue weighted by atomic mass is 9.92. The van der Waals surface area contributed by atoms with E-state index < -0.39 is 5.41 Å². The molecule has 1 aromatic heterocycles. The molecule has 1 saturated carbocycles. The summed E-state index contributed by atoms with van der Waals surface area (Å²) in [6.45, 7) is 2.27. The third kappa shape index (κ3) is 3.61. The van der Waals surface area contributed by atoms with E-state index in [4.69, 9.17) is 11.6 Å². The van der Waals surface area contributed by atoms with Crippen LogP contribution in [0.3, 0.4) is 0 Å². The lowest BCUT2D eigenvalue weighted by Crippen LogP contribution is -2.32. The Balaban J connectivity index is 1.27. The molecular weight excluding hydrogens is 460 g/mol. The van der Waals surface area contributed by atoms with Crippen LogP contribution in [0.15, 0.2) is 78.9 Å². The van der Waals surface area contributed by atoms with Gasteiger partial charge in [-0.1, -0.05) is 54.1 Å². The number of para-hydroxylation sites is 1. The molecule has 0 radical (unpaired) electrons. The highest BCUT2D eigenvalue weighted by Crippen LogP contribution is 2.66. The smallest absolute Gasteiger partial charge is 0.256 e. The van der Waals surface area contributed by atoms with Gasteiger partial charge in [-0.3, -0.25) is 14.7 Å². The van der Waals surface area contributed by atoms with E-state index in [0.29, 0.717) is 22.9 Å². The molecule has 1 fully saturated rings. The predicted molar refractivity (Wildman–Crippen MR) is 136 cm³/mol. The van der Waals surface area contributed by atoms with Gasteiger partial charge in [0.1, 0.15) is 0 Å². The van der Waals surface area contributed by atoms with E-state index >= 15 is 0 Å². The summed E-state index contributed by atoms with van der Waals surface area (Å²) >= 11 is 6.08. The van der Waals surface area contributed by atoms with Crippen LogP contribution in [-0.2, 0) is 16.8 Å². The summed E-state index contributed by atoms with van der Waals surface area (Å²) in [6.07, 6.45) is 0.784. The molecule has 6 nitrogen and oxygen atoms in total. The molecule has 2 N–H and O–H groups in total. The first-order chi connectivity index (χ1) is 17.0. The fourth-order valence-electron chi connectivity index (χ4n) is 5.27. The van der Waals surface area contributed by atoms with Gasteiger partial charge in [0, 0.05) is 34.0 Å². The van der Waals surface area contributed by atoms with Crippen LogP contribution in [0, 0.1) is 6.92 Å². The van der Waals surface area contributed by atoms with Gasteiger partial charge in [0.25, 0.3) is 5.91 Å². The molecule has 4 aromatic rings. The average molecular weight is 483 g/mol. The summed E-state index contributed by atoms with van der Waals surface area (Å²) in [5.41, 5.74) is 4.89. The molecule has 2 heterocycles. The molecule has 2 amide bonds. The molecule has 174 valence electrons. The Hall–Kier alpha value is -3.90. The zero-order valence-corrected chi connectivity index (χ0v) is 19.8. The van der Waals surface area contributed by atoms with E-state index in [1.807, 2.05) is 72.5 Å². The van der Waals surface area contributed by atoms with Crippen molar-refractivity contribution in [2.45, 2.75) is 31.2 Å². The number of fused-ring (bicyclic) bond motifs is 2. The maximum atomic E-state index is 13.9. The highest BCUT2D eigenvalue weighted by atomic mass is 35.5. The molecule has 7 heteroatoms. The Labute approximate surface area is 207 Å². The van der Waals surface area contributed by atoms with Crippen LogP contribution >= 0.6 is 11.6 Å². The number of anilines is 2. The van der Waals surface area contributed by atoms with Crippen molar-refractivity contribution in [3.05, 3.63) is 112 Å². The molecule has 1 spiro atoms. The van der Waals surface area contributed by atoms with E-state index in [0.717, 1.165) is 34.5 Å². The van der Waals surface area contributed by atoms with E-state index in [1.54, 1.807) is 12.1 Å². The molecule has 35 heavy (non-hydrogen) atoms. The number of nitrogens with zero attached hydrogens (tertiary/aromatic N) is 2. The maximum absolute atomic E-state index is 13.9. The molecule has 1 aliphatic carbocycles. The van der Waals surface area contributed by atoms with Crippen LogP contribution in [0.2, 0.25) is 5.02 Å². The maximum Gasteiger partial charge on any atom is 0.256 e. The quantitative estimate of drug-likeness (QED) is 0.389. The normalized spacial score (nSPS) is 20.2. The van der Waals surface area contributed by atoms with Gasteiger partial charge in [0.2, 0.25) is 5.91 Å². The molecule has 0 saturated heterocycles. The topological polar surface area (TPSA) is 78.1 Å². The first-order valence-electron chi connectivity index (χ1n) is 11.5. The minimum atomic E-state index is -0.531. The SMILES string of the molecule is Cc1cc(NC(=O)c2cccc(CN3C(=O)[C@]4(CC4c4ccc(Cl)cc4)c4ccccc43)c2)n[nH]1. The number of benzene rings is 3. The second kappa shape index (κ2) is 8.10. The van der Waals surface area contributed by atoms with Gasteiger partial charge >= 0.3 is 0 Å². The summed E-state index contributed by atoms with van der Waals surface area (Å²) in [7, 11) is 0. The predicted octanol–water partition coefficient (Wildman–Crippen LogP) is 5.60. The van der Waals surface area contributed by atoms with Crippen LogP contribution in [0.5, 0.6) is 0 Å². The molecular formula is C28H23ClN4O2. The van der Waals surface area contributed by atoms with Gasteiger partial charge < -0.3 is 10.2 Å². The van der Waals surface area contributed by atoms with Gasteiger partial charge in [0.15, 0.2) is 5.82 Å². The van der Waals surface area contributed by atoms with Crippen molar-refractivity contribution in [3.63, 3.8) is 0 Å². The zero-order valence-electron chi connectivity index (χ0n) is 19.1. The summed E-state index contributed by atoms with van der Waals surface area (Å²) in [4.78, 5) is 28.5. The lowest BCUT2D eigenvalue weighted by Gasteiger charge is -2.19. The second-order valence-electron chi connectivity index (χ2n) is 9.28. The number of rotatable bonds is 5. The van der Waals surface area contributed by atoms with Crippen molar-refractivity contribution in [2.75, 3.05) is 10.2 Å². The zero-order chi connectivity index (χ0) is 24.2. The standard InChI is InChI=1S/C28H23ClN4O2/c1-17-13-25(32-31-17)30-26(34)20-6-4-5-18(14-20)16-33-24-8-3-2-7-22(24)28(27(33)35)15-23(28)19-9-11-21(29)12-10-19/h2-14,23H,15-16H2,1H3,(H2,30,31,32,34)/t23?,28-/m1/s1. The van der Waals surface area contributed by atoms with Gasteiger partial charge in [-0.05, 0) is 60.4 Å². The number of halogens is 1. The van der Waals surface area contributed by atoms with Crippen LogP contribution < -0.4 is 10.2 Å². The summed E-state index contributed by atoms with van der Waals surface area (Å²) in [5, 5.41) is 10.4. The number of hydrogen-bond acceptors (Lipinski definition) is 3. The van der Waals surface area contributed by atoms with Crippen molar-refractivity contribution < 1.29 is 9.59 Å². The monoisotopic (exact) mass is 482 g/mol. The molecule has 2 aliphatic rings. The molecule has 1 unspecified atom stereocenters. The van der Waals surface area contributed by atoms with Gasteiger partial charge in [-0.25, -0.2) is 0 Å². The Morgan fingerprint density at radius 2 is 1.91 bits per heavy atom. The molecule has 2 atom stereocenters. The highest BCUT2D eigenvalue weighted by Gasteiger charge is 2.67. The van der Waals surface area contributed by atoms with Crippen LogP contribution in [0.4, 0.5) is 11.5 Å². The first-order valence-corrected chi connectivity index (χ1v) is 11.9. The van der Waals surface area contributed by atoms with Gasteiger partial charge in [0.05, 0.1) is 12.0 Å². The van der Waals surface area contributed by atoms with Crippen LogP contribution in [0.25, 0.3) is 0 Å². The van der Waals surface area contributed by atoms with Crippen LogP contribution in [-0.4, -0.2) is 22.0 Å². The fraction of sp³-hybridized carbons (Fsp3) is 0.179. The number of nitrogens with one attached hydrogen (secondary N) is 2. The summed E-state index contributed by atoms with van der Waals surface area (Å²) < 4.78 is 0.